The number of hydrogen-bond acceptors (Lipinski definition) is 23. The number of benzene rings is 4. The van der Waals surface area contributed by atoms with E-state index in [1.54, 1.807) is 41.8 Å². The van der Waals surface area contributed by atoms with E-state index in [2.05, 4.69) is 39.9 Å². The van der Waals surface area contributed by atoms with E-state index in [4.69, 9.17) is 42.6 Å². The van der Waals surface area contributed by atoms with Crippen molar-refractivity contribution in [2.75, 3.05) is 120 Å². The van der Waals surface area contributed by atoms with Crippen molar-refractivity contribution >= 4 is 17.6 Å². The molecule has 8 N–H and O–H groups in total. The standard InChI is InChI=1S/C36H52N2O13.C30H41N3O7.CH4/c1-6-24-25(20-30(40)38(12-14-45-3)13-15-46-4)31(29(21-26(24)39)51-36-35(44)34(43)32(41)22(2)50-36)33(42)23-7-8-27(28(19-23)47-5)49-18-11-37-9-16-48-17-10-37;1-17(2)22-12-23(25(13-24(22)34)40-30-28(37)27(36)26(35)18(3)39-30)29(38)33-15-20-6-5-19(11-21(20)16-33)14-32-9-7-31(4)8-10-32;/h7-8,19,21-22,32,34-36,39,41,43-44H,6,9-18,20H2,1-5H3;5-6,11-13,17-18,26-28,30,34-37H,7-10,14-16H2,1-4H3;1H4/t22-,32+,34+,35-,36-;18-,26+,27+,28-,30-;/m00./s1. The maximum Gasteiger partial charge on any atom is 0.258 e. The number of piperazine rings is 1. The molecule has 5 aliphatic heterocycles. The average Bonchev–Trinajstić information content (AvgIpc) is 0.891. The number of methoxy groups -OCH3 is 3. The average molecular weight is 1290 g/mol. The molecule has 9 rings (SSSR count). The van der Waals surface area contributed by atoms with Crippen molar-refractivity contribution in [1.82, 2.24) is 24.5 Å². The topological polar surface area (TPSA) is 312 Å². The van der Waals surface area contributed by atoms with Crippen LogP contribution in [0.5, 0.6) is 34.5 Å². The fourth-order valence-electron chi connectivity index (χ4n) is 11.8. The van der Waals surface area contributed by atoms with Crippen molar-refractivity contribution in [1.29, 1.82) is 0 Å². The van der Waals surface area contributed by atoms with Crippen LogP contribution >= 0.6 is 0 Å². The lowest BCUT2D eigenvalue weighted by Crippen LogP contribution is -2.58. The van der Waals surface area contributed by atoms with Crippen LogP contribution in [-0.2, 0) is 61.0 Å². The molecule has 25 nitrogen and oxygen atoms in total. The van der Waals surface area contributed by atoms with Crippen molar-refractivity contribution < 1.29 is 97.9 Å². The van der Waals surface area contributed by atoms with Crippen LogP contribution in [0.15, 0.2) is 54.6 Å². The first-order chi connectivity index (χ1) is 43.5. The highest BCUT2D eigenvalue weighted by atomic mass is 16.7. The molecule has 0 radical (unpaired) electrons. The number of rotatable bonds is 24. The number of carbonyl (C=O) groups is 3. The minimum Gasteiger partial charge on any atom is -0.508 e. The highest BCUT2D eigenvalue weighted by molar-refractivity contribution is 6.13. The minimum absolute atomic E-state index is 0. The largest absolute Gasteiger partial charge is 0.508 e. The second kappa shape index (κ2) is 33.7. The van der Waals surface area contributed by atoms with Crippen LogP contribution in [0.3, 0.4) is 0 Å². The summed E-state index contributed by atoms with van der Waals surface area (Å²) >= 11 is 0. The fraction of sp³-hybridized carbons (Fsp3) is 0.597. The van der Waals surface area contributed by atoms with E-state index in [0.29, 0.717) is 62.1 Å². The molecule has 0 aliphatic carbocycles. The lowest BCUT2D eigenvalue weighted by atomic mass is 9.89. The number of carbonyl (C=O) groups excluding carboxylic acids is 3. The summed E-state index contributed by atoms with van der Waals surface area (Å²) in [4.78, 5) is 52.7. The Morgan fingerprint density at radius 2 is 1.25 bits per heavy atom. The minimum atomic E-state index is -1.70. The summed E-state index contributed by atoms with van der Waals surface area (Å²) in [5, 5.41) is 84.2. The summed E-state index contributed by atoms with van der Waals surface area (Å²) in [5.74, 6) is -0.949. The number of hydrogen-bond donors (Lipinski definition) is 8. The molecule has 4 saturated heterocycles. The Labute approximate surface area is 539 Å². The van der Waals surface area contributed by atoms with Crippen LogP contribution in [0.25, 0.3) is 0 Å². The maximum atomic E-state index is 14.6. The van der Waals surface area contributed by atoms with Gasteiger partial charge in [-0.2, -0.15) is 0 Å². The van der Waals surface area contributed by atoms with Gasteiger partial charge in [0.2, 0.25) is 18.5 Å². The number of aliphatic hydroxyl groups is 6. The van der Waals surface area contributed by atoms with Crippen LogP contribution in [0.4, 0.5) is 0 Å². The molecular weight excluding hydrogens is 1190 g/mol. The zero-order chi connectivity index (χ0) is 65.8. The fourth-order valence-corrected chi connectivity index (χ4v) is 11.8. The van der Waals surface area contributed by atoms with Gasteiger partial charge in [0.05, 0.1) is 63.3 Å². The van der Waals surface area contributed by atoms with Crippen LogP contribution in [0, 0.1) is 0 Å². The number of fused-ring (bicyclic) bond motifs is 1. The van der Waals surface area contributed by atoms with Gasteiger partial charge < -0.3 is 98.2 Å². The molecule has 510 valence electrons. The van der Waals surface area contributed by atoms with Crippen LogP contribution in [0.2, 0.25) is 0 Å². The molecule has 0 bridgehead atoms. The van der Waals surface area contributed by atoms with E-state index < -0.39 is 67.2 Å². The predicted molar refractivity (Wildman–Crippen MR) is 338 cm³/mol. The van der Waals surface area contributed by atoms with E-state index in [1.807, 2.05) is 13.8 Å². The van der Waals surface area contributed by atoms with Gasteiger partial charge >= 0.3 is 0 Å². The first-order valence-electron chi connectivity index (χ1n) is 31.2. The number of likely N-dealkylation sites (N-methyl/N-ethyl adjacent to an activating group) is 1. The summed E-state index contributed by atoms with van der Waals surface area (Å²) < 4.78 is 50.7. The zero-order valence-corrected chi connectivity index (χ0v) is 53.7. The second-order valence-electron chi connectivity index (χ2n) is 24.1. The smallest absolute Gasteiger partial charge is 0.258 e. The Bertz CT molecular complexity index is 3080. The number of aromatic hydroxyl groups is 2. The molecule has 0 aromatic heterocycles. The van der Waals surface area contributed by atoms with Crippen molar-refractivity contribution in [2.24, 2.45) is 0 Å². The number of phenols is 2. The first kappa shape index (κ1) is 73.1. The van der Waals surface area contributed by atoms with Gasteiger partial charge in [-0.3, -0.25) is 24.2 Å². The van der Waals surface area contributed by atoms with Crippen molar-refractivity contribution in [3.63, 3.8) is 0 Å². The summed E-state index contributed by atoms with van der Waals surface area (Å²) in [6.07, 6.45) is -13.7. The number of aliphatic hydroxyl groups excluding tert-OH is 6. The number of nitrogens with zero attached hydrogens (tertiary/aromatic N) is 5. The Kier molecular flexibility index (Phi) is 26.8. The van der Waals surface area contributed by atoms with Crippen molar-refractivity contribution in [3.8, 4) is 34.5 Å². The molecular formula is C67H97N5O20. The molecule has 4 aromatic rings. The second-order valence-corrected chi connectivity index (χ2v) is 24.1. The van der Waals surface area contributed by atoms with Gasteiger partial charge in [-0.05, 0) is 90.9 Å². The van der Waals surface area contributed by atoms with E-state index in [-0.39, 0.29) is 110 Å². The highest BCUT2D eigenvalue weighted by Crippen LogP contribution is 2.41. The van der Waals surface area contributed by atoms with E-state index >= 15 is 0 Å². The molecule has 5 heterocycles. The third-order valence-corrected chi connectivity index (χ3v) is 17.4. The van der Waals surface area contributed by atoms with Crippen LogP contribution in [0.1, 0.15) is 108 Å². The quantitative estimate of drug-likeness (QED) is 0.0468. The zero-order valence-electron chi connectivity index (χ0n) is 53.7. The molecule has 5 aliphatic rings. The summed E-state index contributed by atoms with van der Waals surface area (Å²) in [5.41, 5.74) is 4.94. The Hall–Kier alpha value is -6.27. The normalized spacial score (nSPS) is 24.5. The molecule has 10 atom stereocenters. The van der Waals surface area contributed by atoms with Crippen LogP contribution in [-0.4, -0.2) is 265 Å². The van der Waals surface area contributed by atoms with Gasteiger partial charge in [0.15, 0.2) is 17.3 Å². The van der Waals surface area contributed by atoms with Gasteiger partial charge in [0.1, 0.15) is 66.2 Å². The Balaban J connectivity index is 0.000000265. The molecule has 0 spiro atoms. The van der Waals surface area contributed by atoms with Gasteiger partial charge in [0.25, 0.3) is 5.91 Å². The van der Waals surface area contributed by atoms with Gasteiger partial charge in [-0.15, -0.1) is 0 Å². The van der Waals surface area contributed by atoms with Gasteiger partial charge in [-0.1, -0.05) is 46.4 Å². The molecule has 25 heteroatoms. The molecule has 2 amide bonds. The summed E-state index contributed by atoms with van der Waals surface area (Å²) in [6.45, 7) is 19.7. The monoisotopic (exact) mass is 1290 g/mol. The number of morpholine rings is 1. The lowest BCUT2D eigenvalue weighted by molar-refractivity contribution is -0.268. The summed E-state index contributed by atoms with van der Waals surface area (Å²) in [7, 11) is 6.66. The molecule has 92 heavy (non-hydrogen) atoms. The van der Waals surface area contributed by atoms with Gasteiger partial charge in [-0.25, -0.2) is 0 Å². The number of ketones is 1. The van der Waals surface area contributed by atoms with E-state index in [0.717, 1.165) is 56.9 Å². The molecule has 4 aromatic carbocycles. The van der Waals surface area contributed by atoms with E-state index in [9.17, 15) is 55.2 Å². The number of phenolic OH excluding ortho intramolecular Hbond substituents is 2. The van der Waals surface area contributed by atoms with Crippen molar-refractivity contribution in [2.45, 2.75) is 142 Å². The maximum absolute atomic E-state index is 14.6. The summed E-state index contributed by atoms with van der Waals surface area (Å²) in [6, 6.07) is 15.4. The Morgan fingerprint density at radius 3 is 1.84 bits per heavy atom. The lowest BCUT2D eigenvalue weighted by Gasteiger charge is -2.39. The van der Waals surface area contributed by atoms with E-state index in [1.165, 1.54) is 52.0 Å². The third-order valence-electron chi connectivity index (χ3n) is 17.4. The predicted octanol–water partition coefficient (Wildman–Crippen LogP) is 3.04. The van der Waals surface area contributed by atoms with Crippen molar-refractivity contribution in [3.05, 3.63) is 105 Å². The third kappa shape index (κ3) is 17.7. The van der Waals surface area contributed by atoms with Crippen LogP contribution < -0.4 is 18.9 Å². The first-order valence-corrected chi connectivity index (χ1v) is 31.2. The highest BCUT2D eigenvalue weighted by Gasteiger charge is 2.45. The number of ether oxygens (including phenoxy) is 9. The molecule has 0 unspecified atom stereocenters. The van der Waals surface area contributed by atoms with Gasteiger partial charge in [0, 0.05) is 110 Å². The molecule has 0 saturated carbocycles. The number of amides is 2. The SMILES string of the molecule is C.CC(C)c1cc(C(=O)N2Cc3ccc(CN4CCN(C)CC4)cc3C2)c(O[C@@H]2O[C@@H](C)[C@@H](O)[C@@H](O)[C@@H]2O)cc1O.CCc1c(O)cc(O[C@@H]2O[C@@H](C)[C@@H](O)[C@@H](O)[C@@H]2O)c(C(=O)c2ccc(OCCN3CCOCC3)c(OC)c2)c1CC(=O)N(CCOC)CCOC. The molecule has 4 fully saturated rings. The Morgan fingerprint density at radius 1 is 0.652 bits per heavy atom.